The van der Waals surface area contributed by atoms with Crippen LogP contribution >= 0.6 is 0 Å². The Bertz CT molecular complexity index is 714. The van der Waals surface area contributed by atoms with Gasteiger partial charge in [-0.25, -0.2) is 4.98 Å². The molecule has 0 aliphatic heterocycles. The minimum absolute atomic E-state index is 0.795. The molecule has 0 aliphatic rings. The predicted octanol–water partition coefficient (Wildman–Crippen LogP) is 7.98. The minimum Gasteiger partial charge on any atom is -0.494 e. The fraction of sp³-hybridized carbons (Fsp3) is 0.500. The molecule has 2 nitrogen and oxygen atoms in total. The van der Waals surface area contributed by atoms with Crippen LogP contribution in [0.1, 0.15) is 101 Å². The lowest BCUT2D eigenvalue weighted by atomic mass is 10.1. The van der Waals surface area contributed by atoms with Crippen LogP contribution in [0.15, 0.2) is 42.6 Å². The summed E-state index contributed by atoms with van der Waals surface area (Å²) in [6.45, 7) is 5.30. The fourth-order valence-electron chi connectivity index (χ4n) is 3.42. The molecule has 0 radical (unpaired) electrons. The molecule has 0 saturated heterocycles. The van der Waals surface area contributed by atoms with Crippen molar-refractivity contribution in [2.45, 2.75) is 90.9 Å². The summed E-state index contributed by atoms with van der Waals surface area (Å²) in [4.78, 5) is 4.51. The summed E-state index contributed by atoms with van der Waals surface area (Å²) >= 11 is 0. The van der Waals surface area contributed by atoms with Gasteiger partial charge in [0.1, 0.15) is 11.4 Å². The molecule has 2 aromatic rings. The minimum atomic E-state index is 0.795. The van der Waals surface area contributed by atoms with Gasteiger partial charge in [-0.3, -0.25) is 0 Å². The van der Waals surface area contributed by atoms with Crippen LogP contribution in [0.25, 0.3) is 0 Å². The number of terminal acetylenes is 1. The first-order valence-corrected chi connectivity index (χ1v) is 12.3. The summed E-state index contributed by atoms with van der Waals surface area (Å²) in [5.41, 5.74) is 3.13. The van der Waals surface area contributed by atoms with E-state index in [1.807, 2.05) is 36.5 Å². The van der Waals surface area contributed by atoms with E-state index in [9.17, 15) is 0 Å². The number of aryl methyl sites for hydroxylation is 1. The van der Waals surface area contributed by atoms with Gasteiger partial charge in [0, 0.05) is 11.8 Å². The average Bonchev–Trinajstić information content (AvgIpc) is 2.85. The third kappa shape index (κ3) is 12.9. The molecule has 2 heteroatoms. The van der Waals surface area contributed by atoms with Crippen LogP contribution in [-0.2, 0) is 6.42 Å². The van der Waals surface area contributed by atoms with Gasteiger partial charge in [-0.2, -0.15) is 0 Å². The monoisotopic (exact) mass is 431 g/mol. The van der Waals surface area contributed by atoms with Gasteiger partial charge in [0.2, 0.25) is 0 Å². The van der Waals surface area contributed by atoms with Gasteiger partial charge in [0.25, 0.3) is 0 Å². The Labute approximate surface area is 197 Å². The largest absolute Gasteiger partial charge is 0.494 e. The zero-order valence-electron chi connectivity index (χ0n) is 20.2. The number of hydrogen-bond acceptors (Lipinski definition) is 2. The molecule has 0 saturated carbocycles. The summed E-state index contributed by atoms with van der Waals surface area (Å²) in [7, 11) is 0. The maximum Gasteiger partial charge on any atom is 0.119 e. The number of pyridine rings is 1. The van der Waals surface area contributed by atoms with Gasteiger partial charge < -0.3 is 4.74 Å². The molecule has 2 rings (SSSR count). The van der Waals surface area contributed by atoms with Gasteiger partial charge in [0.15, 0.2) is 0 Å². The zero-order valence-corrected chi connectivity index (χ0v) is 20.2. The molecule has 32 heavy (non-hydrogen) atoms. The maximum absolute atomic E-state index is 5.82. The third-order valence-electron chi connectivity index (χ3n) is 5.35. The van der Waals surface area contributed by atoms with Gasteiger partial charge in [0.05, 0.1) is 6.61 Å². The molecule has 1 heterocycles. The second kappa shape index (κ2) is 19.0. The van der Waals surface area contributed by atoms with E-state index < -0.39 is 0 Å². The Morgan fingerprint density at radius 3 is 1.97 bits per heavy atom. The van der Waals surface area contributed by atoms with Crippen molar-refractivity contribution in [3.63, 3.8) is 0 Å². The van der Waals surface area contributed by atoms with E-state index in [-0.39, 0.29) is 0 Å². The summed E-state index contributed by atoms with van der Waals surface area (Å²) in [5, 5.41) is 0. The second-order valence-corrected chi connectivity index (χ2v) is 8.11. The highest BCUT2D eigenvalue weighted by molar-refractivity contribution is 5.42. The molecule has 0 spiro atoms. The average molecular weight is 432 g/mol. The van der Waals surface area contributed by atoms with Crippen LogP contribution in [0, 0.1) is 24.7 Å². The maximum atomic E-state index is 5.82. The lowest BCUT2D eigenvalue weighted by molar-refractivity contribution is 0.304. The summed E-state index contributed by atoms with van der Waals surface area (Å²) in [6, 6.07) is 12.3. The second-order valence-electron chi connectivity index (χ2n) is 8.11. The molecule has 1 aromatic heterocycles. The van der Waals surface area contributed by atoms with Gasteiger partial charge in [-0.1, -0.05) is 83.6 Å². The molecule has 0 unspecified atom stereocenters. The first-order chi connectivity index (χ1) is 15.8. The van der Waals surface area contributed by atoms with E-state index in [4.69, 9.17) is 4.74 Å². The fourth-order valence-corrected chi connectivity index (χ4v) is 3.42. The quantitative estimate of drug-likeness (QED) is 0.223. The molecule has 1 aromatic carbocycles. The molecular weight excluding hydrogens is 390 g/mol. The Kier molecular flexibility index (Phi) is 16.2. The normalized spacial score (nSPS) is 9.88. The standard InChI is InChI=1S/C28H39NO.C2H2/c1-3-5-7-9-10-12-14-26-16-20-27(29-24-26)19-15-25-17-21-28(22-18-25)30-23-13-11-8-6-4-2;1-2/h16-18,20-22,24H,3-14,23H2,1-2H3;1-2H. The third-order valence-corrected chi connectivity index (χ3v) is 5.35. The van der Waals surface area contributed by atoms with Crippen LogP contribution in [0.5, 0.6) is 5.75 Å². The lowest BCUT2D eigenvalue weighted by Gasteiger charge is -2.05. The van der Waals surface area contributed by atoms with E-state index in [0.717, 1.165) is 36.5 Å². The number of unbranched alkanes of at least 4 members (excludes halogenated alkanes) is 9. The van der Waals surface area contributed by atoms with Gasteiger partial charge in [-0.15, -0.1) is 12.8 Å². The van der Waals surface area contributed by atoms with E-state index in [2.05, 4.69) is 49.6 Å². The molecule has 0 amide bonds. The van der Waals surface area contributed by atoms with Crippen LogP contribution in [0.2, 0.25) is 0 Å². The van der Waals surface area contributed by atoms with E-state index in [0.29, 0.717) is 0 Å². The summed E-state index contributed by atoms with van der Waals surface area (Å²) < 4.78 is 5.82. The number of nitrogens with zero attached hydrogens (tertiary/aromatic N) is 1. The molecular formula is C30H41NO. The van der Waals surface area contributed by atoms with Crippen molar-refractivity contribution in [3.05, 3.63) is 59.4 Å². The smallest absolute Gasteiger partial charge is 0.119 e. The number of ether oxygens (including phenoxy) is 1. The first kappa shape index (κ1) is 27.3. The Morgan fingerprint density at radius 2 is 1.34 bits per heavy atom. The van der Waals surface area contributed by atoms with Crippen molar-refractivity contribution in [2.75, 3.05) is 6.61 Å². The van der Waals surface area contributed by atoms with Crippen LogP contribution in [-0.4, -0.2) is 11.6 Å². The SMILES string of the molecule is C#C.CCCCCCCCc1ccc(C#Cc2ccc(OCCCCCCC)cc2)nc1. The van der Waals surface area contributed by atoms with Crippen molar-refractivity contribution >= 4 is 0 Å². The lowest BCUT2D eigenvalue weighted by Crippen LogP contribution is -1.97. The van der Waals surface area contributed by atoms with Crippen molar-refractivity contribution in [3.8, 4) is 30.4 Å². The van der Waals surface area contributed by atoms with Crippen LogP contribution in [0.4, 0.5) is 0 Å². The first-order valence-electron chi connectivity index (χ1n) is 12.3. The topological polar surface area (TPSA) is 22.1 Å². The Balaban J connectivity index is 0.00000249. The van der Waals surface area contributed by atoms with E-state index >= 15 is 0 Å². The van der Waals surface area contributed by atoms with Crippen molar-refractivity contribution in [1.82, 2.24) is 4.98 Å². The van der Waals surface area contributed by atoms with Crippen molar-refractivity contribution < 1.29 is 4.74 Å². The Morgan fingerprint density at radius 1 is 0.719 bits per heavy atom. The highest BCUT2D eigenvalue weighted by atomic mass is 16.5. The number of hydrogen-bond donors (Lipinski definition) is 0. The molecule has 0 bridgehead atoms. The molecule has 0 fully saturated rings. The molecule has 0 atom stereocenters. The zero-order chi connectivity index (χ0) is 23.3. The Hall–Kier alpha value is -2.71. The number of rotatable bonds is 14. The molecule has 172 valence electrons. The van der Waals surface area contributed by atoms with Crippen molar-refractivity contribution in [1.29, 1.82) is 0 Å². The summed E-state index contributed by atoms with van der Waals surface area (Å²) in [5.74, 6) is 7.29. The van der Waals surface area contributed by atoms with Gasteiger partial charge in [-0.05, 0) is 61.1 Å². The molecule has 0 N–H and O–H groups in total. The van der Waals surface area contributed by atoms with Gasteiger partial charge >= 0.3 is 0 Å². The molecule has 0 aliphatic carbocycles. The summed E-state index contributed by atoms with van der Waals surface area (Å²) in [6.07, 6.45) is 25.4. The van der Waals surface area contributed by atoms with Crippen LogP contribution in [0.3, 0.4) is 0 Å². The number of aromatic nitrogens is 1. The van der Waals surface area contributed by atoms with E-state index in [1.54, 1.807) is 0 Å². The van der Waals surface area contributed by atoms with Crippen LogP contribution < -0.4 is 4.74 Å². The number of benzene rings is 1. The van der Waals surface area contributed by atoms with Crippen molar-refractivity contribution in [2.24, 2.45) is 0 Å². The van der Waals surface area contributed by atoms with E-state index in [1.165, 1.54) is 69.8 Å². The highest BCUT2D eigenvalue weighted by Gasteiger charge is 1.97. The predicted molar refractivity (Wildman–Crippen MR) is 138 cm³/mol. The highest BCUT2D eigenvalue weighted by Crippen LogP contribution is 2.13.